The van der Waals surface area contributed by atoms with Crippen molar-refractivity contribution in [2.75, 3.05) is 0 Å². The Kier molecular flexibility index (Phi) is 2.65. The molecule has 3 rings (SSSR count). The van der Waals surface area contributed by atoms with Crippen molar-refractivity contribution in [1.82, 2.24) is 10.1 Å². The summed E-state index contributed by atoms with van der Waals surface area (Å²) >= 11 is 1.79. The maximum atomic E-state index is 5.46. The minimum absolute atomic E-state index is 0.270. The maximum Gasteiger partial charge on any atom is 0.240 e. The second-order valence-corrected chi connectivity index (χ2v) is 5.47. The summed E-state index contributed by atoms with van der Waals surface area (Å²) in [5.74, 6) is 1.06. The fourth-order valence-electron chi connectivity index (χ4n) is 1.94. The van der Waals surface area contributed by atoms with Gasteiger partial charge in [-0.3, -0.25) is 0 Å². The van der Waals surface area contributed by atoms with Gasteiger partial charge in [0, 0.05) is 15.1 Å². The second kappa shape index (κ2) is 4.19. The summed E-state index contributed by atoms with van der Waals surface area (Å²) in [6, 6.07) is 6.24. The maximum absolute atomic E-state index is 5.46. The van der Waals surface area contributed by atoms with Crippen LogP contribution < -0.4 is 5.73 Å². The second-order valence-electron chi connectivity index (χ2n) is 4.21. The molecule has 0 aliphatic carbocycles. The molecule has 4 nitrogen and oxygen atoms in total. The van der Waals surface area contributed by atoms with E-state index in [0.717, 1.165) is 5.56 Å². The number of nitrogens with two attached hydrogens (primary N) is 1. The van der Waals surface area contributed by atoms with Gasteiger partial charge in [-0.05, 0) is 30.9 Å². The molecule has 0 radical (unpaired) electrons. The number of benzene rings is 1. The van der Waals surface area contributed by atoms with Crippen LogP contribution in [0.15, 0.2) is 22.7 Å². The van der Waals surface area contributed by atoms with E-state index in [1.54, 1.807) is 11.3 Å². The number of hydrogen-bond donors (Lipinski definition) is 1. The third-order valence-corrected chi connectivity index (χ3v) is 4.25. The molecule has 0 saturated carbocycles. The van der Waals surface area contributed by atoms with E-state index in [0.29, 0.717) is 11.7 Å². The molecule has 5 heteroatoms. The Balaban J connectivity index is 2.13. The fourth-order valence-corrected chi connectivity index (χ4v) is 3.05. The average Bonchev–Trinajstić information content (AvgIpc) is 2.95. The van der Waals surface area contributed by atoms with Gasteiger partial charge in [-0.15, -0.1) is 11.3 Å². The number of nitrogens with zero attached hydrogens (tertiary/aromatic N) is 2. The van der Waals surface area contributed by atoms with Gasteiger partial charge in [0.25, 0.3) is 0 Å². The summed E-state index contributed by atoms with van der Waals surface area (Å²) < 4.78 is 6.28. The number of fused-ring (bicyclic) bond motifs is 1. The molecule has 1 aromatic carbocycles. The van der Waals surface area contributed by atoms with Gasteiger partial charge in [-0.2, -0.15) is 4.98 Å². The first kappa shape index (κ1) is 11.4. The van der Waals surface area contributed by atoms with Gasteiger partial charge >= 0.3 is 0 Å². The molecule has 2 heterocycles. The summed E-state index contributed by atoms with van der Waals surface area (Å²) in [6.07, 6.45) is 0. The first-order chi connectivity index (χ1) is 8.69. The summed E-state index contributed by atoms with van der Waals surface area (Å²) in [5.41, 5.74) is 7.77. The molecule has 0 spiro atoms. The number of hydrogen-bond acceptors (Lipinski definition) is 5. The predicted octanol–water partition coefficient (Wildman–Crippen LogP) is 3.03. The number of aryl methyl sites for hydroxylation is 2. The Hall–Kier alpha value is -1.72. The van der Waals surface area contributed by atoms with Crippen LogP contribution in [0, 0.1) is 13.8 Å². The molecule has 0 fully saturated rings. The lowest BCUT2D eigenvalue weighted by Crippen LogP contribution is -1.95. The zero-order chi connectivity index (χ0) is 12.7. The zero-order valence-electron chi connectivity index (χ0n) is 10.2. The first-order valence-electron chi connectivity index (χ1n) is 5.72. The Morgan fingerprint density at radius 3 is 2.89 bits per heavy atom. The molecule has 3 aromatic rings. The largest absolute Gasteiger partial charge is 0.338 e. The molecule has 0 atom stereocenters. The van der Waals surface area contributed by atoms with Crippen LogP contribution in [0.2, 0.25) is 0 Å². The molecule has 2 aromatic heterocycles. The molecule has 0 amide bonds. The number of aromatic nitrogens is 2. The molecule has 0 aliphatic rings. The Morgan fingerprint density at radius 1 is 1.33 bits per heavy atom. The summed E-state index contributed by atoms with van der Waals surface area (Å²) in [5, 5.41) is 5.23. The Morgan fingerprint density at radius 2 is 2.17 bits per heavy atom. The lowest BCUT2D eigenvalue weighted by atomic mass is 10.1. The molecule has 92 valence electrons. The van der Waals surface area contributed by atoms with Gasteiger partial charge in [0.2, 0.25) is 11.7 Å². The summed E-state index contributed by atoms with van der Waals surface area (Å²) in [4.78, 5) is 5.58. The average molecular weight is 259 g/mol. The molecule has 0 aliphatic heterocycles. The van der Waals surface area contributed by atoms with Crippen LogP contribution in [0.3, 0.4) is 0 Å². The van der Waals surface area contributed by atoms with Gasteiger partial charge in [0.15, 0.2) is 0 Å². The normalized spacial score (nSPS) is 11.3. The molecular weight excluding hydrogens is 246 g/mol. The van der Waals surface area contributed by atoms with Crippen LogP contribution in [0.4, 0.5) is 0 Å². The van der Waals surface area contributed by atoms with Gasteiger partial charge in [-0.25, -0.2) is 0 Å². The van der Waals surface area contributed by atoms with Crippen LogP contribution in [0.25, 0.3) is 21.5 Å². The van der Waals surface area contributed by atoms with Crippen molar-refractivity contribution in [3.05, 3.63) is 34.5 Å². The molecular formula is C13H13N3OS. The quantitative estimate of drug-likeness (QED) is 0.768. The molecule has 0 bridgehead atoms. The molecule has 0 unspecified atom stereocenters. The van der Waals surface area contributed by atoms with Crippen molar-refractivity contribution < 1.29 is 4.52 Å². The van der Waals surface area contributed by atoms with Gasteiger partial charge in [0.05, 0.1) is 6.54 Å². The van der Waals surface area contributed by atoms with E-state index in [9.17, 15) is 0 Å². The molecule has 2 N–H and O–H groups in total. The van der Waals surface area contributed by atoms with Gasteiger partial charge < -0.3 is 10.3 Å². The van der Waals surface area contributed by atoms with Crippen LogP contribution in [0.5, 0.6) is 0 Å². The van der Waals surface area contributed by atoms with E-state index in [1.165, 1.54) is 20.5 Å². The SMILES string of the molecule is Cc1sc2cc(-c3noc(CN)n3)ccc2c1C. The highest BCUT2D eigenvalue weighted by Crippen LogP contribution is 2.32. The lowest BCUT2D eigenvalue weighted by Gasteiger charge is -1.95. The predicted molar refractivity (Wildman–Crippen MR) is 72.5 cm³/mol. The third-order valence-electron chi connectivity index (χ3n) is 3.08. The Bertz CT molecular complexity index is 714. The van der Waals surface area contributed by atoms with E-state index >= 15 is 0 Å². The van der Waals surface area contributed by atoms with Crippen LogP contribution >= 0.6 is 11.3 Å². The topological polar surface area (TPSA) is 64.9 Å². The highest BCUT2D eigenvalue weighted by Gasteiger charge is 2.10. The Labute approximate surface area is 108 Å². The van der Waals surface area contributed by atoms with E-state index in [4.69, 9.17) is 10.3 Å². The van der Waals surface area contributed by atoms with Crippen LogP contribution in [-0.2, 0) is 6.54 Å². The third kappa shape index (κ3) is 1.72. The first-order valence-corrected chi connectivity index (χ1v) is 6.53. The summed E-state index contributed by atoms with van der Waals surface area (Å²) in [6.45, 7) is 4.56. The minimum atomic E-state index is 0.270. The van der Waals surface area contributed by atoms with E-state index in [2.05, 4.69) is 36.1 Å². The van der Waals surface area contributed by atoms with Crippen LogP contribution in [0.1, 0.15) is 16.3 Å². The van der Waals surface area contributed by atoms with E-state index in [-0.39, 0.29) is 6.54 Å². The van der Waals surface area contributed by atoms with E-state index in [1.807, 2.05) is 6.07 Å². The zero-order valence-corrected chi connectivity index (χ0v) is 11.0. The number of thiophene rings is 1. The van der Waals surface area contributed by atoms with Crippen molar-refractivity contribution in [2.24, 2.45) is 5.73 Å². The van der Waals surface area contributed by atoms with Gasteiger partial charge in [-0.1, -0.05) is 17.3 Å². The van der Waals surface area contributed by atoms with Crippen molar-refractivity contribution in [3.63, 3.8) is 0 Å². The molecule has 0 saturated heterocycles. The minimum Gasteiger partial charge on any atom is -0.338 e. The summed E-state index contributed by atoms with van der Waals surface area (Å²) in [7, 11) is 0. The van der Waals surface area contributed by atoms with Crippen LogP contribution in [-0.4, -0.2) is 10.1 Å². The smallest absolute Gasteiger partial charge is 0.240 e. The number of rotatable bonds is 2. The van der Waals surface area contributed by atoms with Crippen molar-refractivity contribution in [1.29, 1.82) is 0 Å². The van der Waals surface area contributed by atoms with Crippen molar-refractivity contribution in [3.8, 4) is 11.4 Å². The highest BCUT2D eigenvalue weighted by atomic mass is 32.1. The molecule has 18 heavy (non-hydrogen) atoms. The monoisotopic (exact) mass is 259 g/mol. The van der Waals surface area contributed by atoms with E-state index < -0.39 is 0 Å². The van der Waals surface area contributed by atoms with Gasteiger partial charge in [0.1, 0.15) is 0 Å². The standard InChI is InChI=1S/C13H13N3OS/c1-7-8(2)18-11-5-9(3-4-10(7)11)13-15-12(6-14)17-16-13/h3-5H,6,14H2,1-2H3. The van der Waals surface area contributed by atoms with Crippen molar-refractivity contribution in [2.45, 2.75) is 20.4 Å². The highest BCUT2D eigenvalue weighted by molar-refractivity contribution is 7.19. The fraction of sp³-hybridized carbons (Fsp3) is 0.231. The lowest BCUT2D eigenvalue weighted by molar-refractivity contribution is 0.380. The van der Waals surface area contributed by atoms with Crippen molar-refractivity contribution >= 4 is 21.4 Å².